The first-order valence-corrected chi connectivity index (χ1v) is 10.9. The zero-order valence-electron chi connectivity index (χ0n) is 17.1. The second-order valence-corrected chi connectivity index (χ2v) is 8.87. The summed E-state index contributed by atoms with van der Waals surface area (Å²) in [7, 11) is 0. The number of rotatable bonds is 4. The normalized spacial score (nSPS) is 15.9. The number of aryl methyl sites for hydroxylation is 1. The van der Waals surface area contributed by atoms with Crippen LogP contribution in [0.5, 0.6) is 0 Å². The number of carbonyl (C=O) groups is 1. The van der Waals surface area contributed by atoms with Crippen molar-refractivity contribution >= 4 is 27.5 Å². The number of halogens is 5. The van der Waals surface area contributed by atoms with Crippen molar-refractivity contribution in [3.8, 4) is 0 Å². The molecule has 10 heteroatoms. The molecular weight excluding hydrogens is 449 g/mol. The number of carbonyl (C=O) groups excluding carboxylic acids is 1. The number of benzene rings is 1. The molecule has 3 aromatic rings. The molecule has 0 atom stereocenters. The molecule has 2 aromatic heterocycles. The molecule has 170 valence electrons. The predicted octanol–water partition coefficient (Wildman–Crippen LogP) is 5.30. The standard InChI is InChI=1S/C22H20F5N3OS/c1-12-15-3-5-18(22(25,26)27)29-21(15)32-19(12)20(31)28-14-6-8-30(9-7-14)11-13-2-4-16(23)17(24)10-13/h2-5,10,14H,6-9,11H2,1H3,(H,28,31). The van der Waals surface area contributed by atoms with Gasteiger partial charge in [-0.15, -0.1) is 11.3 Å². The average Bonchev–Trinajstić information content (AvgIpc) is 3.08. The maximum absolute atomic E-state index is 13.4. The van der Waals surface area contributed by atoms with Gasteiger partial charge in [0, 0.05) is 31.1 Å². The van der Waals surface area contributed by atoms with E-state index in [0.29, 0.717) is 53.9 Å². The molecule has 1 saturated heterocycles. The van der Waals surface area contributed by atoms with Gasteiger partial charge in [0.05, 0.1) is 4.88 Å². The molecule has 1 aliphatic heterocycles. The Kier molecular flexibility index (Phi) is 6.17. The van der Waals surface area contributed by atoms with Crippen LogP contribution in [0.1, 0.15) is 39.3 Å². The summed E-state index contributed by atoms with van der Waals surface area (Å²) in [6, 6.07) is 6.04. The molecule has 3 heterocycles. The number of pyridine rings is 1. The maximum Gasteiger partial charge on any atom is 0.433 e. The van der Waals surface area contributed by atoms with Gasteiger partial charge >= 0.3 is 6.18 Å². The Balaban J connectivity index is 1.38. The van der Waals surface area contributed by atoms with E-state index in [1.165, 1.54) is 12.1 Å². The third kappa shape index (κ3) is 4.75. The van der Waals surface area contributed by atoms with E-state index in [9.17, 15) is 26.7 Å². The number of aromatic nitrogens is 1. The molecule has 0 unspecified atom stereocenters. The van der Waals surface area contributed by atoms with Crippen molar-refractivity contribution in [1.82, 2.24) is 15.2 Å². The lowest BCUT2D eigenvalue weighted by Gasteiger charge is -2.32. The summed E-state index contributed by atoms with van der Waals surface area (Å²) >= 11 is 0.956. The Morgan fingerprint density at radius 1 is 1.16 bits per heavy atom. The number of piperidine rings is 1. The van der Waals surface area contributed by atoms with Crippen LogP contribution >= 0.6 is 11.3 Å². The molecule has 1 aromatic carbocycles. The highest BCUT2D eigenvalue weighted by molar-refractivity contribution is 7.20. The fourth-order valence-electron chi connectivity index (χ4n) is 3.86. The van der Waals surface area contributed by atoms with E-state index in [-0.39, 0.29) is 16.8 Å². The second-order valence-electron chi connectivity index (χ2n) is 7.88. The fourth-order valence-corrected chi connectivity index (χ4v) is 4.94. The van der Waals surface area contributed by atoms with Crippen LogP contribution in [-0.2, 0) is 12.7 Å². The third-order valence-electron chi connectivity index (χ3n) is 5.61. The highest BCUT2D eigenvalue weighted by Gasteiger charge is 2.33. The molecule has 4 rings (SSSR count). The van der Waals surface area contributed by atoms with Crippen molar-refractivity contribution in [2.75, 3.05) is 13.1 Å². The minimum atomic E-state index is -4.54. The summed E-state index contributed by atoms with van der Waals surface area (Å²) in [5, 5.41) is 3.50. The van der Waals surface area contributed by atoms with E-state index in [1.54, 1.807) is 13.0 Å². The fraction of sp³-hybridized carbons (Fsp3) is 0.364. The van der Waals surface area contributed by atoms with Gasteiger partial charge in [0.1, 0.15) is 10.5 Å². The molecule has 1 amide bonds. The predicted molar refractivity (Wildman–Crippen MR) is 111 cm³/mol. The van der Waals surface area contributed by atoms with Crippen molar-refractivity contribution < 1.29 is 26.7 Å². The Morgan fingerprint density at radius 2 is 1.88 bits per heavy atom. The van der Waals surface area contributed by atoms with Gasteiger partial charge in [-0.2, -0.15) is 13.2 Å². The average molecular weight is 469 g/mol. The number of likely N-dealkylation sites (tertiary alicyclic amines) is 1. The summed E-state index contributed by atoms with van der Waals surface area (Å²) in [6.07, 6.45) is -3.19. The third-order valence-corrected chi connectivity index (χ3v) is 6.81. The van der Waals surface area contributed by atoms with Crippen LogP contribution in [0.15, 0.2) is 30.3 Å². The van der Waals surface area contributed by atoms with Crippen LogP contribution < -0.4 is 5.32 Å². The van der Waals surface area contributed by atoms with Crippen molar-refractivity contribution in [3.63, 3.8) is 0 Å². The van der Waals surface area contributed by atoms with Gasteiger partial charge in [-0.3, -0.25) is 9.69 Å². The number of alkyl halides is 3. The number of thiophene rings is 1. The lowest BCUT2D eigenvalue weighted by molar-refractivity contribution is -0.140. The summed E-state index contributed by atoms with van der Waals surface area (Å²) in [5.74, 6) is -2.07. The van der Waals surface area contributed by atoms with E-state index < -0.39 is 23.5 Å². The number of amides is 1. The highest BCUT2D eigenvalue weighted by Crippen LogP contribution is 2.34. The first kappa shape index (κ1) is 22.6. The number of nitrogens with zero attached hydrogens (tertiary/aromatic N) is 2. The summed E-state index contributed by atoms with van der Waals surface area (Å²) in [4.78, 5) is 19.1. The molecule has 32 heavy (non-hydrogen) atoms. The molecule has 0 radical (unpaired) electrons. The lowest BCUT2D eigenvalue weighted by Crippen LogP contribution is -2.44. The van der Waals surface area contributed by atoms with Crippen molar-refractivity contribution in [1.29, 1.82) is 0 Å². The number of hydrogen-bond acceptors (Lipinski definition) is 4. The van der Waals surface area contributed by atoms with Crippen molar-refractivity contribution in [3.05, 3.63) is 63.7 Å². The minimum absolute atomic E-state index is 0.0768. The summed E-state index contributed by atoms with van der Waals surface area (Å²) in [6.45, 7) is 3.53. The largest absolute Gasteiger partial charge is 0.433 e. The SMILES string of the molecule is Cc1c(C(=O)NC2CCN(Cc3ccc(F)c(F)c3)CC2)sc2nc(C(F)(F)F)ccc12. The zero-order chi connectivity index (χ0) is 23.0. The number of hydrogen-bond donors (Lipinski definition) is 1. The van der Waals surface area contributed by atoms with Gasteiger partial charge in [0.25, 0.3) is 5.91 Å². The molecule has 0 spiro atoms. The first-order valence-electron chi connectivity index (χ1n) is 10.1. The monoisotopic (exact) mass is 469 g/mol. The second kappa shape index (κ2) is 8.74. The van der Waals surface area contributed by atoms with Crippen LogP contribution in [0.2, 0.25) is 0 Å². The highest BCUT2D eigenvalue weighted by atomic mass is 32.1. The topological polar surface area (TPSA) is 45.2 Å². The molecule has 1 aliphatic rings. The van der Waals surface area contributed by atoms with E-state index in [0.717, 1.165) is 23.5 Å². The number of nitrogens with one attached hydrogen (secondary N) is 1. The van der Waals surface area contributed by atoms with E-state index in [2.05, 4.69) is 15.2 Å². The smallest absolute Gasteiger partial charge is 0.349 e. The molecule has 1 N–H and O–H groups in total. The Bertz CT molecular complexity index is 1150. The van der Waals surface area contributed by atoms with Gasteiger partial charge in [0.15, 0.2) is 11.6 Å². The first-order chi connectivity index (χ1) is 15.1. The molecular formula is C22H20F5N3OS. The number of fused-ring (bicyclic) bond motifs is 1. The molecule has 0 saturated carbocycles. The van der Waals surface area contributed by atoms with Gasteiger partial charge in [-0.05, 0) is 55.2 Å². The Morgan fingerprint density at radius 3 is 2.53 bits per heavy atom. The maximum atomic E-state index is 13.4. The van der Waals surface area contributed by atoms with Gasteiger partial charge in [0.2, 0.25) is 0 Å². The van der Waals surface area contributed by atoms with Gasteiger partial charge in [-0.25, -0.2) is 13.8 Å². The minimum Gasteiger partial charge on any atom is -0.349 e. The van der Waals surface area contributed by atoms with Crippen LogP contribution in [0.25, 0.3) is 10.2 Å². The van der Waals surface area contributed by atoms with E-state index >= 15 is 0 Å². The molecule has 0 aliphatic carbocycles. The quantitative estimate of drug-likeness (QED) is 0.528. The zero-order valence-corrected chi connectivity index (χ0v) is 17.9. The van der Waals surface area contributed by atoms with Crippen LogP contribution in [0.4, 0.5) is 22.0 Å². The summed E-state index contributed by atoms with van der Waals surface area (Å²) < 4.78 is 65.2. The van der Waals surface area contributed by atoms with E-state index in [4.69, 9.17) is 0 Å². The van der Waals surface area contributed by atoms with Crippen LogP contribution in [-0.4, -0.2) is 34.9 Å². The van der Waals surface area contributed by atoms with Gasteiger partial charge in [-0.1, -0.05) is 6.07 Å². The van der Waals surface area contributed by atoms with E-state index in [1.807, 2.05) is 0 Å². The van der Waals surface area contributed by atoms with Gasteiger partial charge < -0.3 is 5.32 Å². The van der Waals surface area contributed by atoms with Crippen LogP contribution in [0, 0.1) is 18.6 Å². The van der Waals surface area contributed by atoms with Crippen molar-refractivity contribution in [2.24, 2.45) is 0 Å². The lowest BCUT2D eigenvalue weighted by atomic mass is 10.0. The molecule has 0 bridgehead atoms. The summed E-state index contributed by atoms with van der Waals surface area (Å²) in [5.41, 5.74) is 0.309. The molecule has 4 nitrogen and oxygen atoms in total. The van der Waals surface area contributed by atoms with Crippen molar-refractivity contribution in [2.45, 2.75) is 38.5 Å². The molecule has 1 fully saturated rings. The Labute approximate surface area is 185 Å². The Hall–Kier alpha value is -2.59. The van der Waals surface area contributed by atoms with Crippen LogP contribution in [0.3, 0.4) is 0 Å².